The third kappa shape index (κ3) is 4.23. The second kappa shape index (κ2) is 8.76. The molecule has 3 heterocycles. The SMILES string of the molecule is COc1cc(-n2cnnn2)ccc1NC(=O)C(c1cccnc1)N1CCOCC1. The monoisotopic (exact) mass is 395 g/mol. The molecule has 2 aromatic heterocycles. The number of carbonyl (C=O) groups excluding carboxylic acids is 1. The maximum absolute atomic E-state index is 13.3. The van der Waals surface area contributed by atoms with Crippen LogP contribution in [0.5, 0.6) is 5.75 Å². The summed E-state index contributed by atoms with van der Waals surface area (Å²) in [5.41, 5.74) is 2.12. The van der Waals surface area contributed by atoms with Gasteiger partial charge in [-0.25, -0.2) is 4.68 Å². The van der Waals surface area contributed by atoms with Crippen LogP contribution in [0, 0.1) is 0 Å². The van der Waals surface area contributed by atoms with Crippen LogP contribution in [-0.2, 0) is 9.53 Å². The molecular weight excluding hydrogens is 374 g/mol. The summed E-state index contributed by atoms with van der Waals surface area (Å²) in [6.07, 6.45) is 4.90. The van der Waals surface area contributed by atoms with Gasteiger partial charge in [-0.1, -0.05) is 6.07 Å². The number of methoxy groups -OCH3 is 1. The zero-order chi connectivity index (χ0) is 20.1. The van der Waals surface area contributed by atoms with Crippen LogP contribution in [0.25, 0.3) is 5.69 Å². The largest absolute Gasteiger partial charge is 0.494 e. The molecule has 150 valence electrons. The van der Waals surface area contributed by atoms with Crippen molar-refractivity contribution in [1.82, 2.24) is 30.1 Å². The van der Waals surface area contributed by atoms with Crippen molar-refractivity contribution in [2.24, 2.45) is 0 Å². The summed E-state index contributed by atoms with van der Waals surface area (Å²) in [4.78, 5) is 19.6. The first-order valence-corrected chi connectivity index (χ1v) is 9.20. The number of rotatable bonds is 6. The molecule has 4 rings (SSSR count). The summed E-state index contributed by atoms with van der Waals surface area (Å²) in [6.45, 7) is 2.52. The Bertz CT molecular complexity index is 944. The lowest BCUT2D eigenvalue weighted by Gasteiger charge is -2.33. The summed E-state index contributed by atoms with van der Waals surface area (Å²) in [5, 5.41) is 14.1. The fourth-order valence-electron chi connectivity index (χ4n) is 3.31. The van der Waals surface area contributed by atoms with E-state index in [0.29, 0.717) is 37.7 Å². The van der Waals surface area contributed by atoms with Crippen LogP contribution in [0.1, 0.15) is 11.6 Å². The van der Waals surface area contributed by atoms with E-state index in [0.717, 1.165) is 11.3 Å². The number of amides is 1. The summed E-state index contributed by atoms with van der Waals surface area (Å²) in [7, 11) is 1.55. The average Bonchev–Trinajstić information content (AvgIpc) is 3.31. The van der Waals surface area contributed by atoms with Crippen LogP contribution in [-0.4, -0.2) is 69.4 Å². The summed E-state index contributed by atoms with van der Waals surface area (Å²) in [5.74, 6) is 0.353. The fraction of sp³-hybridized carbons (Fsp3) is 0.316. The Morgan fingerprint density at radius 3 is 2.83 bits per heavy atom. The number of nitrogens with one attached hydrogen (secondary N) is 1. The molecule has 1 atom stereocenters. The molecule has 0 radical (unpaired) electrons. The van der Waals surface area contributed by atoms with E-state index < -0.39 is 6.04 Å². The Balaban J connectivity index is 1.60. The van der Waals surface area contributed by atoms with E-state index in [1.807, 2.05) is 18.2 Å². The van der Waals surface area contributed by atoms with E-state index >= 15 is 0 Å². The molecule has 0 bridgehead atoms. The van der Waals surface area contributed by atoms with Gasteiger partial charge in [0.25, 0.3) is 0 Å². The first-order valence-electron chi connectivity index (χ1n) is 9.20. The topological polar surface area (TPSA) is 107 Å². The minimum absolute atomic E-state index is 0.159. The van der Waals surface area contributed by atoms with Gasteiger partial charge >= 0.3 is 0 Å². The number of nitrogens with zero attached hydrogens (tertiary/aromatic N) is 6. The van der Waals surface area contributed by atoms with Crippen LogP contribution in [0.15, 0.2) is 49.1 Å². The van der Waals surface area contributed by atoms with Crippen molar-refractivity contribution in [3.8, 4) is 11.4 Å². The van der Waals surface area contributed by atoms with Crippen molar-refractivity contribution in [3.05, 3.63) is 54.6 Å². The van der Waals surface area contributed by atoms with Gasteiger partial charge in [0.15, 0.2) is 0 Å². The average molecular weight is 395 g/mol. The highest BCUT2D eigenvalue weighted by Gasteiger charge is 2.29. The molecule has 10 heteroatoms. The number of aromatic nitrogens is 5. The number of pyridine rings is 1. The van der Waals surface area contributed by atoms with Gasteiger partial charge < -0.3 is 14.8 Å². The second-order valence-electron chi connectivity index (χ2n) is 6.47. The lowest BCUT2D eigenvalue weighted by molar-refractivity contribution is -0.123. The molecule has 1 N–H and O–H groups in total. The number of anilines is 1. The molecule has 1 aliphatic rings. The van der Waals surface area contributed by atoms with Crippen molar-refractivity contribution in [2.45, 2.75) is 6.04 Å². The maximum Gasteiger partial charge on any atom is 0.246 e. The first-order chi connectivity index (χ1) is 14.3. The van der Waals surface area contributed by atoms with Crippen LogP contribution in [0.3, 0.4) is 0 Å². The number of morpholine rings is 1. The van der Waals surface area contributed by atoms with E-state index in [1.165, 1.54) is 11.0 Å². The van der Waals surface area contributed by atoms with Crippen LogP contribution >= 0.6 is 0 Å². The maximum atomic E-state index is 13.3. The molecule has 1 amide bonds. The van der Waals surface area contributed by atoms with Gasteiger partial charge in [-0.15, -0.1) is 5.10 Å². The van der Waals surface area contributed by atoms with Crippen molar-refractivity contribution in [3.63, 3.8) is 0 Å². The highest BCUT2D eigenvalue weighted by Crippen LogP contribution is 2.29. The van der Waals surface area contributed by atoms with Gasteiger partial charge in [0.1, 0.15) is 18.1 Å². The molecule has 0 spiro atoms. The Kier molecular flexibility index (Phi) is 5.73. The van der Waals surface area contributed by atoms with Gasteiger partial charge in [0.2, 0.25) is 5.91 Å². The van der Waals surface area contributed by atoms with Gasteiger partial charge in [0, 0.05) is 31.5 Å². The molecule has 0 aliphatic carbocycles. The Hall–Kier alpha value is -3.37. The van der Waals surface area contributed by atoms with Crippen molar-refractivity contribution >= 4 is 11.6 Å². The number of carbonyl (C=O) groups is 1. The smallest absolute Gasteiger partial charge is 0.246 e. The number of hydrogen-bond donors (Lipinski definition) is 1. The molecule has 1 aromatic carbocycles. The van der Waals surface area contributed by atoms with Crippen molar-refractivity contribution in [1.29, 1.82) is 0 Å². The molecule has 1 saturated heterocycles. The number of hydrogen-bond acceptors (Lipinski definition) is 8. The molecule has 29 heavy (non-hydrogen) atoms. The number of tetrazole rings is 1. The Morgan fingerprint density at radius 2 is 2.14 bits per heavy atom. The van der Waals surface area contributed by atoms with Crippen molar-refractivity contribution in [2.75, 3.05) is 38.7 Å². The van der Waals surface area contributed by atoms with E-state index in [2.05, 4.69) is 30.7 Å². The fourth-order valence-corrected chi connectivity index (χ4v) is 3.31. The number of ether oxygens (including phenoxy) is 2. The predicted octanol–water partition coefficient (Wildman–Crippen LogP) is 1.08. The summed E-state index contributed by atoms with van der Waals surface area (Å²) >= 11 is 0. The standard InChI is InChI=1S/C19H21N7O3/c1-28-17-11-15(26-13-21-23-24-26)4-5-16(17)22-19(27)18(14-3-2-6-20-12-14)25-7-9-29-10-8-25/h2-6,11-13,18H,7-10H2,1H3,(H,22,27). The lowest BCUT2D eigenvalue weighted by Crippen LogP contribution is -2.44. The second-order valence-corrected chi connectivity index (χ2v) is 6.47. The van der Waals surface area contributed by atoms with Gasteiger partial charge in [-0.2, -0.15) is 0 Å². The van der Waals surface area contributed by atoms with Gasteiger partial charge in [0.05, 0.1) is 31.7 Å². The Morgan fingerprint density at radius 1 is 1.28 bits per heavy atom. The number of benzene rings is 1. The minimum atomic E-state index is -0.475. The Labute approximate surface area is 167 Å². The molecular formula is C19H21N7O3. The third-order valence-electron chi connectivity index (χ3n) is 4.72. The van der Waals surface area contributed by atoms with Crippen LogP contribution in [0.2, 0.25) is 0 Å². The van der Waals surface area contributed by atoms with E-state index in [1.54, 1.807) is 31.6 Å². The van der Waals surface area contributed by atoms with Crippen LogP contribution < -0.4 is 10.1 Å². The van der Waals surface area contributed by atoms with E-state index in [-0.39, 0.29) is 5.91 Å². The molecule has 1 unspecified atom stereocenters. The van der Waals surface area contributed by atoms with Gasteiger partial charge in [-0.3, -0.25) is 14.7 Å². The molecule has 10 nitrogen and oxygen atoms in total. The normalized spacial score (nSPS) is 15.6. The van der Waals surface area contributed by atoms with Crippen molar-refractivity contribution < 1.29 is 14.3 Å². The molecule has 1 aliphatic heterocycles. The lowest BCUT2D eigenvalue weighted by atomic mass is 10.1. The molecule has 1 fully saturated rings. The highest BCUT2D eigenvalue weighted by molar-refractivity contribution is 5.96. The quantitative estimate of drug-likeness (QED) is 0.661. The molecule has 3 aromatic rings. The zero-order valence-corrected chi connectivity index (χ0v) is 15.9. The third-order valence-corrected chi connectivity index (χ3v) is 4.72. The minimum Gasteiger partial charge on any atom is -0.494 e. The van der Waals surface area contributed by atoms with Crippen LogP contribution in [0.4, 0.5) is 5.69 Å². The summed E-state index contributed by atoms with van der Waals surface area (Å²) < 4.78 is 12.4. The predicted molar refractivity (Wildman–Crippen MR) is 104 cm³/mol. The van der Waals surface area contributed by atoms with E-state index in [9.17, 15) is 4.79 Å². The first kappa shape index (κ1) is 19.0. The highest BCUT2D eigenvalue weighted by atomic mass is 16.5. The van der Waals surface area contributed by atoms with E-state index in [4.69, 9.17) is 9.47 Å². The molecule has 0 saturated carbocycles. The zero-order valence-electron chi connectivity index (χ0n) is 15.9. The van der Waals surface area contributed by atoms with Gasteiger partial charge in [-0.05, 0) is 34.2 Å². The summed E-state index contributed by atoms with van der Waals surface area (Å²) in [6, 6.07) is 8.61.